The molecule has 0 bridgehead atoms. The Bertz CT molecular complexity index is 649. The molecule has 7 heteroatoms. The molecule has 1 aromatic carbocycles. The van der Waals surface area contributed by atoms with Gasteiger partial charge in [0, 0.05) is 44.9 Å². The topological polar surface area (TPSA) is 86.0 Å². The lowest BCUT2D eigenvalue weighted by Gasteiger charge is -2.35. The Morgan fingerprint density at radius 1 is 1.14 bits per heavy atom. The number of carbonyl (C=O) groups is 1. The third kappa shape index (κ3) is 5.37. The molecule has 2 aliphatic rings. The molecule has 2 saturated heterocycles. The first kappa shape index (κ1) is 20.9. The second-order valence-corrected chi connectivity index (χ2v) is 7.74. The van der Waals surface area contributed by atoms with Crippen molar-refractivity contribution in [3.8, 4) is 11.5 Å². The highest BCUT2D eigenvalue weighted by Gasteiger charge is 2.31. The fourth-order valence-electron chi connectivity index (χ4n) is 4.14. The first-order valence-corrected chi connectivity index (χ1v) is 10.2. The Hall–Kier alpha value is -1.83. The largest absolute Gasteiger partial charge is 0.493 e. The van der Waals surface area contributed by atoms with Crippen molar-refractivity contribution < 1.29 is 19.0 Å². The van der Waals surface area contributed by atoms with Crippen molar-refractivity contribution in [3.05, 3.63) is 23.8 Å². The predicted octanol–water partition coefficient (Wildman–Crippen LogP) is 1.54. The van der Waals surface area contributed by atoms with Crippen molar-refractivity contribution in [3.63, 3.8) is 0 Å². The van der Waals surface area contributed by atoms with Gasteiger partial charge in [0.25, 0.3) is 0 Å². The summed E-state index contributed by atoms with van der Waals surface area (Å²) in [5.41, 5.74) is 7.27. The van der Waals surface area contributed by atoms with Crippen LogP contribution in [0.3, 0.4) is 0 Å². The highest BCUT2D eigenvalue weighted by molar-refractivity contribution is 5.79. The maximum atomic E-state index is 12.9. The molecule has 7 nitrogen and oxygen atoms in total. The molecule has 0 aromatic heterocycles. The quantitative estimate of drug-likeness (QED) is 0.765. The molecule has 28 heavy (non-hydrogen) atoms. The van der Waals surface area contributed by atoms with Crippen molar-refractivity contribution in [1.82, 2.24) is 10.2 Å². The molecule has 0 radical (unpaired) electrons. The molecule has 2 atom stereocenters. The molecule has 156 valence electrons. The van der Waals surface area contributed by atoms with Gasteiger partial charge in [-0.25, -0.2) is 0 Å². The van der Waals surface area contributed by atoms with E-state index in [4.69, 9.17) is 19.9 Å². The zero-order chi connectivity index (χ0) is 19.9. The van der Waals surface area contributed by atoms with Crippen LogP contribution < -0.4 is 20.5 Å². The lowest BCUT2D eigenvalue weighted by Crippen LogP contribution is -2.47. The van der Waals surface area contributed by atoms with Crippen molar-refractivity contribution in [2.75, 3.05) is 40.5 Å². The minimum absolute atomic E-state index is 0.0310. The summed E-state index contributed by atoms with van der Waals surface area (Å²) in [6.45, 7) is 3.71. The number of benzene rings is 1. The minimum Gasteiger partial charge on any atom is -0.493 e. The number of nitrogens with one attached hydrogen (secondary N) is 1. The van der Waals surface area contributed by atoms with Gasteiger partial charge in [-0.1, -0.05) is 6.07 Å². The Morgan fingerprint density at radius 3 is 2.61 bits per heavy atom. The number of amides is 1. The van der Waals surface area contributed by atoms with Crippen LogP contribution in [0.4, 0.5) is 0 Å². The Labute approximate surface area is 167 Å². The molecule has 1 amide bonds. The van der Waals surface area contributed by atoms with Crippen LogP contribution >= 0.6 is 0 Å². The zero-order valence-corrected chi connectivity index (χ0v) is 17.0. The fraction of sp³-hybridized carbons (Fsp3) is 0.667. The van der Waals surface area contributed by atoms with Crippen molar-refractivity contribution >= 4 is 5.91 Å². The van der Waals surface area contributed by atoms with Gasteiger partial charge in [-0.15, -0.1) is 0 Å². The number of carbonyl (C=O) groups excluding carboxylic acids is 1. The van der Waals surface area contributed by atoms with Crippen molar-refractivity contribution in [2.45, 2.75) is 44.3 Å². The van der Waals surface area contributed by atoms with E-state index in [-0.39, 0.29) is 17.9 Å². The lowest BCUT2D eigenvalue weighted by molar-refractivity contribution is -0.126. The third-order valence-corrected chi connectivity index (χ3v) is 5.80. The highest BCUT2D eigenvalue weighted by atomic mass is 16.5. The number of ether oxygens (including phenoxy) is 3. The van der Waals surface area contributed by atoms with E-state index in [2.05, 4.69) is 10.2 Å². The summed E-state index contributed by atoms with van der Waals surface area (Å²) in [7, 11) is 3.22. The normalized spacial score (nSPS) is 24.4. The van der Waals surface area contributed by atoms with Crippen LogP contribution in [-0.2, 0) is 16.1 Å². The monoisotopic (exact) mass is 391 g/mol. The molecule has 2 heterocycles. The van der Waals surface area contributed by atoms with E-state index < -0.39 is 0 Å². The van der Waals surface area contributed by atoms with E-state index >= 15 is 0 Å². The number of nitrogens with two attached hydrogens (primary N) is 1. The van der Waals surface area contributed by atoms with Crippen LogP contribution in [0.5, 0.6) is 11.5 Å². The molecule has 2 aliphatic heterocycles. The third-order valence-electron chi connectivity index (χ3n) is 5.80. The summed E-state index contributed by atoms with van der Waals surface area (Å²) in [5, 5.41) is 3.10. The zero-order valence-electron chi connectivity index (χ0n) is 17.0. The standard InChI is InChI=1S/C21H33N3O4/c1-26-19-6-3-15(11-20(19)27-2)12-23-21(25)16-4-5-17(22)14-24(13-16)18-7-9-28-10-8-18/h3,6,11,16-18H,4-5,7-10,12-14,22H2,1-2H3,(H,23,25)/t16-,17+/m1/s1. The minimum atomic E-state index is -0.0310. The van der Waals surface area contributed by atoms with Gasteiger partial charge < -0.3 is 25.3 Å². The summed E-state index contributed by atoms with van der Waals surface area (Å²) >= 11 is 0. The predicted molar refractivity (Wildman–Crippen MR) is 108 cm³/mol. The number of hydrogen-bond donors (Lipinski definition) is 2. The van der Waals surface area contributed by atoms with Crippen LogP contribution in [0.1, 0.15) is 31.2 Å². The molecule has 3 rings (SSSR count). The van der Waals surface area contributed by atoms with Crippen LogP contribution in [-0.4, -0.2) is 63.4 Å². The summed E-state index contributed by atoms with van der Waals surface area (Å²) in [6.07, 6.45) is 3.76. The van der Waals surface area contributed by atoms with E-state index in [1.807, 2.05) is 18.2 Å². The summed E-state index contributed by atoms with van der Waals surface area (Å²) in [4.78, 5) is 15.3. The van der Waals surface area contributed by atoms with Crippen LogP contribution in [0.2, 0.25) is 0 Å². The molecule has 2 fully saturated rings. The second kappa shape index (κ2) is 10.1. The fourth-order valence-corrected chi connectivity index (χ4v) is 4.14. The second-order valence-electron chi connectivity index (χ2n) is 7.74. The van der Waals surface area contributed by atoms with Gasteiger partial charge in [0.1, 0.15) is 0 Å². The van der Waals surface area contributed by atoms with Crippen molar-refractivity contribution in [1.29, 1.82) is 0 Å². The maximum Gasteiger partial charge on any atom is 0.224 e. The van der Waals surface area contributed by atoms with E-state index in [1.165, 1.54) is 0 Å². The first-order chi connectivity index (χ1) is 13.6. The maximum absolute atomic E-state index is 12.9. The molecule has 0 saturated carbocycles. The van der Waals surface area contributed by atoms with Gasteiger partial charge in [-0.05, 0) is 43.4 Å². The summed E-state index contributed by atoms with van der Waals surface area (Å²) in [5.74, 6) is 1.42. The Balaban J connectivity index is 1.59. The number of methoxy groups -OCH3 is 2. The first-order valence-electron chi connectivity index (χ1n) is 10.2. The SMILES string of the molecule is COc1ccc(CNC(=O)[C@@H]2CC[C@H](N)CN(C3CCOCC3)C2)cc1OC. The van der Waals surface area contributed by atoms with E-state index in [9.17, 15) is 4.79 Å². The van der Waals surface area contributed by atoms with Gasteiger partial charge in [0.15, 0.2) is 11.5 Å². The van der Waals surface area contributed by atoms with Crippen molar-refractivity contribution in [2.24, 2.45) is 11.7 Å². The molecular weight excluding hydrogens is 358 g/mol. The van der Waals surface area contributed by atoms with Gasteiger partial charge in [-0.3, -0.25) is 9.69 Å². The highest BCUT2D eigenvalue weighted by Crippen LogP contribution is 2.27. The summed E-state index contributed by atoms with van der Waals surface area (Å²) < 4.78 is 16.1. The van der Waals surface area contributed by atoms with E-state index in [0.717, 1.165) is 57.6 Å². The van der Waals surface area contributed by atoms with E-state index in [0.29, 0.717) is 24.1 Å². The average molecular weight is 392 g/mol. The lowest BCUT2D eigenvalue weighted by atomic mass is 10.00. The van der Waals surface area contributed by atoms with Gasteiger partial charge >= 0.3 is 0 Å². The number of hydrogen-bond acceptors (Lipinski definition) is 6. The van der Waals surface area contributed by atoms with Gasteiger partial charge in [0.05, 0.1) is 20.1 Å². The number of nitrogens with zero attached hydrogens (tertiary/aromatic N) is 1. The molecule has 0 aliphatic carbocycles. The molecule has 1 aromatic rings. The van der Waals surface area contributed by atoms with Gasteiger partial charge in [0.2, 0.25) is 5.91 Å². The molecular formula is C21H33N3O4. The Morgan fingerprint density at radius 2 is 1.89 bits per heavy atom. The Kier molecular flexibility index (Phi) is 7.53. The molecule has 0 unspecified atom stereocenters. The van der Waals surface area contributed by atoms with Crippen LogP contribution in [0, 0.1) is 5.92 Å². The number of rotatable bonds is 6. The van der Waals surface area contributed by atoms with E-state index in [1.54, 1.807) is 14.2 Å². The van der Waals surface area contributed by atoms with Crippen LogP contribution in [0.15, 0.2) is 18.2 Å². The van der Waals surface area contributed by atoms with Crippen LogP contribution in [0.25, 0.3) is 0 Å². The molecule has 0 spiro atoms. The van der Waals surface area contributed by atoms with Gasteiger partial charge in [-0.2, -0.15) is 0 Å². The molecule has 3 N–H and O–H groups in total. The number of likely N-dealkylation sites (tertiary alicyclic amines) is 1. The summed E-state index contributed by atoms with van der Waals surface area (Å²) in [6, 6.07) is 6.30. The average Bonchev–Trinajstić information content (AvgIpc) is 2.94. The smallest absolute Gasteiger partial charge is 0.224 e.